The van der Waals surface area contributed by atoms with Crippen molar-refractivity contribution in [1.82, 2.24) is 4.98 Å². The molecule has 1 aliphatic carbocycles. The van der Waals surface area contributed by atoms with Crippen LogP contribution in [0, 0.1) is 5.92 Å². The largest absolute Gasteiger partial charge is 0.338 e. The van der Waals surface area contributed by atoms with Gasteiger partial charge < -0.3 is 9.61 Å². The molecule has 0 N–H and O–H groups in total. The van der Waals surface area contributed by atoms with E-state index in [4.69, 9.17) is 0 Å². The smallest absolute Gasteiger partial charge is 0.320 e. The van der Waals surface area contributed by atoms with Crippen LogP contribution in [0.15, 0.2) is 22.8 Å². The van der Waals surface area contributed by atoms with Gasteiger partial charge in [0, 0.05) is 16.6 Å². The van der Waals surface area contributed by atoms with Crippen LogP contribution < -0.4 is 4.81 Å². The fraction of sp³-hybridized carbons (Fsp3) is 0.300. The second kappa shape index (κ2) is 4.78. The molecular formula is C10H10BBrN2O2. The third-order valence-corrected chi connectivity index (χ3v) is 2.93. The molecule has 4 nitrogen and oxygen atoms in total. The van der Waals surface area contributed by atoms with E-state index in [-0.39, 0.29) is 19.2 Å². The van der Waals surface area contributed by atoms with Gasteiger partial charge >= 0.3 is 7.41 Å². The zero-order valence-corrected chi connectivity index (χ0v) is 10.2. The van der Waals surface area contributed by atoms with Gasteiger partial charge in [0.2, 0.25) is 5.91 Å². The Morgan fingerprint density at radius 3 is 2.94 bits per heavy atom. The average molecular weight is 281 g/mol. The number of anilines is 1. The molecule has 1 aromatic rings. The molecule has 0 aliphatic heterocycles. The van der Waals surface area contributed by atoms with Crippen molar-refractivity contribution in [3.05, 3.63) is 22.8 Å². The number of aromatic nitrogens is 1. The highest BCUT2D eigenvalue weighted by molar-refractivity contribution is 9.10. The van der Waals surface area contributed by atoms with Crippen molar-refractivity contribution in [3.8, 4) is 0 Å². The standard InChI is InChI=1S/C10H10BBrN2O2/c12-8-3-4-13-9(5-8)14(11-6-15)10(16)7-1-2-7/h3-7,11H,1-2H2. The van der Waals surface area contributed by atoms with Crippen LogP contribution in [0.1, 0.15) is 12.8 Å². The summed E-state index contributed by atoms with van der Waals surface area (Å²) in [4.78, 5) is 28.1. The van der Waals surface area contributed by atoms with E-state index in [1.54, 1.807) is 18.3 Å². The minimum Gasteiger partial charge on any atom is -0.338 e. The first-order chi connectivity index (χ1) is 7.72. The Labute approximate surface area is 102 Å². The molecule has 0 unspecified atom stereocenters. The van der Waals surface area contributed by atoms with E-state index < -0.39 is 0 Å². The maximum absolute atomic E-state index is 11.9. The Kier molecular flexibility index (Phi) is 3.38. The van der Waals surface area contributed by atoms with E-state index >= 15 is 0 Å². The maximum atomic E-state index is 11.9. The van der Waals surface area contributed by atoms with Crippen LogP contribution >= 0.6 is 15.9 Å². The highest BCUT2D eigenvalue weighted by atomic mass is 79.9. The monoisotopic (exact) mass is 280 g/mol. The van der Waals surface area contributed by atoms with Crippen LogP contribution in [-0.4, -0.2) is 24.5 Å². The number of pyridine rings is 1. The lowest BCUT2D eigenvalue weighted by Crippen LogP contribution is -2.37. The second-order valence-electron chi connectivity index (χ2n) is 3.72. The second-order valence-corrected chi connectivity index (χ2v) is 4.64. The number of nitrogens with zero attached hydrogens (tertiary/aromatic N) is 2. The molecule has 0 radical (unpaired) electrons. The lowest BCUT2D eigenvalue weighted by molar-refractivity contribution is -0.118. The van der Waals surface area contributed by atoms with Gasteiger partial charge in [0.1, 0.15) is 12.0 Å². The number of hydrogen-bond donors (Lipinski definition) is 0. The fourth-order valence-corrected chi connectivity index (χ4v) is 1.79. The molecule has 1 saturated carbocycles. The Morgan fingerprint density at radius 2 is 2.38 bits per heavy atom. The summed E-state index contributed by atoms with van der Waals surface area (Å²) in [6.07, 6.45) is 4.17. The van der Waals surface area contributed by atoms with Crippen molar-refractivity contribution in [2.24, 2.45) is 5.92 Å². The Bertz CT molecular complexity index is 423. The number of carbonyl (C=O) groups excluding carboxylic acids is 2. The summed E-state index contributed by atoms with van der Waals surface area (Å²) in [5.41, 5.74) is 0. The Hall–Kier alpha value is -1.17. The summed E-state index contributed by atoms with van der Waals surface area (Å²) in [5, 5.41) is 0. The van der Waals surface area contributed by atoms with Crippen LogP contribution in [0.3, 0.4) is 0 Å². The molecule has 6 heteroatoms. The molecule has 1 aromatic heterocycles. The third-order valence-electron chi connectivity index (χ3n) is 2.43. The lowest BCUT2D eigenvalue weighted by atomic mass is 9.93. The molecule has 0 atom stereocenters. The van der Waals surface area contributed by atoms with Crippen molar-refractivity contribution >= 4 is 41.3 Å². The quantitative estimate of drug-likeness (QED) is 0.614. The number of carbonyl (C=O) groups is 2. The minimum absolute atomic E-state index is 0.00213. The van der Waals surface area contributed by atoms with E-state index in [9.17, 15) is 9.59 Å². The Balaban J connectivity index is 2.23. The van der Waals surface area contributed by atoms with Crippen molar-refractivity contribution in [2.75, 3.05) is 4.81 Å². The predicted octanol–water partition coefficient (Wildman–Crippen LogP) is 1.13. The first-order valence-electron chi connectivity index (χ1n) is 5.09. The highest BCUT2D eigenvalue weighted by Gasteiger charge is 2.34. The number of halogens is 1. The van der Waals surface area contributed by atoms with Gasteiger partial charge in [-0.25, -0.2) is 4.98 Å². The van der Waals surface area contributed by atoms with Crippen LogP contribution in [0.5, 0.6) is 0 Å². The molecule has 1 heterocycles. The van der Waals surface area contributed by atoms with E-state index in [2.05, 4.69) is 20.9 Å². The van der Waals surface area contributed by atoms with Gasteiger partial charge in [0.15, 0.2) is 0 Å². The molecular weight excluding hydrogens is 271 g/mol. The molecule has 1 amide bonds. The highest BCUT2D eigenvalue weighted by Crippen LogP contribution is 2.32. The molecule has 0 bridgehead atoms. The third kappa shape index (κ3) is 2.50. The fourth-order valence-electron chi connectivity index (χ4n) is 1.46. The number of hydrogen-bond acceptors (Lipinski definition) is 3. The zero-order valence-electron chi connectivity index (χ0n) is 8.60. The minimum atomic E-state index is -0.00213. The topological polar surface area (TPSA) is 50.3 Å². The van der Waals surface area contributed by atoms with Crippen LogP contribution in [0.25, 0.3) is 0 Å². The first kappa shape index (κ1) is 11.3. The van der Waals surface area contributed by atoms with Gasteiger partial charge in [-0.15, -0.1) is 0 Å². The van der Waals surface area contributed by atoms with E-state index in [1.807, 2.05) is 0 Å². The molecule has 1 fully saturated rings. The van der Waals surface area contributed by atoms with E-state index in [1.165, 1.54) is 4.81 Å². The Morgan fingerprint density at radius 1 is 1.62 bits per heavy atom. The first-order valence-corrected chi connectivity index (χ1v) is 5.88. The van der Waals surface area contributed by atoms with E-state index in [0.717, 1.165) is 23.5 Å². The van der Waals surface area contributed by atoms with Crippen LogP contribution in [-0.2, 0) is 9.59 Å². The van der Waals surface area contributed by atoms with Gasteiger partial charge in [-0.2, -0.15) is 0 Å². The summed E-state index contributed by atoms with van der Waals surface area (Å²) in [5.74, 6) is 0.608. The molecule has 0 spiro atoms. The van der Waals surface area contributed by atoms with Crippen LogP contribution in [0.2, 0.25) is 0 Å². The van der Waals surface area contributed by atoms with Crippen molar-refractivity contribution < 1.29 is 9.59 Å². The zero-order chi connectivity index (χ0) is 11.5. The molecule has 0 saturated heterocycles. The maximum Gasteiger partial charge on any atom is 0.320 e. The van der Waals surface area contributed by atoms with Crippen LogP contribution in [0.4, 0.5) is 5.82 Å². The van der Waals surface area contributed by atoms with Crippen molar-refractivity contribution in [2.45, 2.75) is 12.8 Å². The van der Waals surface area contributed by atoms with Crippen molar-refractivity contribution in [1.29, 1.82) is 0 Å². The summed E-state index contributed by atoms with van der Waals surface area (Å²) < 4.78 is 0.844. The molecule has 2 rings (SSSR count). The predicted molar refractivity (Wildman–Crippen MR) is 66.0 cm³/mol. The molecule has 1 aliphatic rings. The normalized spacial score (nSPS) is 14.3. The van der Waals surface area contributed by atoms with Gasteiger partial charge in [0.05, 0.1) is 0 Å². The molecule has 16 heavy (non-hydrogen) atoms. The SMILES string of the molecule is O=CBN(C(=O)C1CC1)c1cc(Br)ccn1. The molecule has 82 valence electrons. The number of amides is 1. The summed E-state index contributed by atoms with van der Waals surface area (Å²) in [6.45, 7) is 0. The van der Waals surface area contributed by atoms with Gasteiger partial charge in [0.25, 0.3) is 0 Å². The summed E-state index contributed by atoms with van der Waals surface area (Å²) in [6, 6.07) is 3.52. The molecule has 0 aromatic carbocycles. The van der Waals surface area contributed by atoms with E-state index in [0.29, 0.717) is 5.82 Å². The lowest BCUT2D eigenvalue weighted by Gasteiger charge is -2.18. The van der Waals surface area contributed by atoms with Gasteiger partial charge in [-0.05, 0) is 25.0 Å². The van der Waals surface area contributed by atoms with Crippen molar-refractivity contribution in [3.63, 3.8) is 0 Å². The summed E-state index contributed by atoms with van der Waals surface area (Å²) in [7, 11) is 0.0682. The average Bonchev–Trinajstić information content (AvgIpc) is 3.08. The number of rotatable bonds is 4. The van der Waals surface area contributed by atoms with Gasteiger partial charge in [-0.1, -0.05) is 15.9 Å². The van der Waals surface area contributed by atoms with Gasteiger partial charge in [-0.3, -0.25) is 4.79 Å². The summed E-state index contributed by atoms with van der Waals surface area (Å²) >= 11 is 3.32.